The van der Waals surface area contributed by atoms with Gasteiger partial charge in [-0.2, -0.15) is 0 Å². The number of anilines is 1. The number of benzene rings is 2. The van der Waals surface area contributed by atoms with E-state index >= 15 is 0 Å². The summed E-state index contributed by atoms with van der Waals surface area (Å²) in [4.78, 5) is 23.5. The summed E-state index contributed by atoms with van der Waals surface area (Å²) in [5.74, 6) is -0.399. The van der Waals surface area contributed by atoms with Crippen molar-refractivity contribution < 1.29 is 14.8 Å². The number of hydrogen-bond acceptors (Lipinski definition) is 5. The van der Waals surface area contributed by atoms with Gasteiger partial charge in [-0.1, -0.05) is 23.7 Å². The molecule has 0 atom stereocenters. The number of amides is 1. The number of carbonyl (C=O) groups excluding carboxylic acids is 1. The number of aryl methyl sites for hydroxylation is 1. The van der Waals surface area contributed by atoms with E-state index in [0.717, 1.165) is 24.0 Å². The maximum absolute atomic E-state index is 12.8. The lowest BCUT2D eigenvalue weighted by molar-refractivity contribution is -0.384. The second-order valence-electron chi connectivity index (χ2n) is 7.40. The van der Waals surface area contributed by atoms with Gasteiger partial charge in [0.15, 0.2) is 0 Å². The summed E-state index contributed by atoms with van der Waals surface area (Å²) >= 11 is 6.13. The second kappa shape index (κ2) is 9.24. The number of hydrogen-bond donors (Lipinski definition) is 3. The van der Waals surface area contributed by atoms with Gasteiger partial charge in [0.05, 0.1) is 16.6 Å². The van der Waals surface area contributed by atoms with E-state index in [4.69, 9.17) is 11.6 Å². The zero-order chi connectivity index (χ0) is 21.0. The summed E-state index contributed by atoms with van der Waals surface area (Å²) < 4.78 is 0. The third kappa shape index (κ3) is 5.46. The minimum atomic E-state index is -0.517. The van der Waals surface area contributed by atoms with Crippen LogP contribution in [-0.2, 0) is 6.54 Å². The molecule has 1 amide bonds. The molecule has 0 heterocycles. The van der Waals surface area contributed by atoms with E-state index in [1.54, 1.807) is 12.1 Å². The van der Waals surface area contributed by atoms with Crippen molar-refractivity contribution in [1.29, 1.82) is 0 Å². The van der Waals surface area contributed by atoms with Gasteiger partial charge < -0.3 is 15.7 Å². The van der Waals surface area contributed by atoms with Gasteiger partial charge in [-0.05, 0) is 55.9 Å². The van der Waals surface area contributed by atoms with Crippen LogP contribution in [0.3, 0.4) is 0 Å². The van der Waals surface area contributed by atoms with Crippen molar-refractivity contribution >= 4 is 28.9 Å². The second-order valence-corrected chi connectivity index (χ2v) is 7.81. The molecule has 3 N–H and O–H groups in total. The number of nitro benzene ring substituents is 1. The average molecular weight is 418 g/mol. The van der Waals surface area contributed by atoms with Gasteiger partial charge in [0.25, 0.3) is 11.6 Å². The van der Waals surface area contributed by atoms with E-state index in [1.807, 2.05) is 19.1 Å². The Morgan fingerprint density at radius 1 is 1.21 bits per heavy atom. The summed E-state index contributed by atoms with van der Waals surface area (Å²) in [5, 5.41) is 27.6. The topological polar surface area (TPSA) is 104 Å². The number of nitrogens with zero attached hydrogens (tertiary/aromatic N) is 1. The van der Waals surface area contributed by atoms with Crippen molar-refractivity contribution in [1.82, 2.24) is 5.32 Å². The van der Waals surface area contributed by atoms with Crippen LogP contribution >= 0.6 is 11.6 Å². The van der Waals surface area contributed by atoms with E-state index in [0.29, 0.717) is 23.6 Å². The molecule has 0 bridgehead atoms. The normalized spacial score (nSPS) is 18.9. The maximum atomic E-state index is 12.8. The van der Waals surface area contributed by atoms with E-state index in [-0.39, 0.29) is 29.9 Å². The minimum absolute atomic E-state index is 0.113. The fourth-order valence-corrected chi connectivity index (χ4v) is 3.63. The highest BCUT2D eigenvalue weighted by Crippen LogP contribution is 2.27. The number of halogens is 1. The summed E-state index contributed by atoms with van der Waals surface area (Å²) in [7, 11) is 0. The van der Waals surface area contributed by atoms with Crippen LogP contribution in [0.15, 0.2) is 36.4 Å². The Balaban J connectivity index is 1.76. The molecule has 1 aliphatic rings. The SMILES string of the molecule is Cc1ccc(CNC(=O)c2cc([N+](=O)[O-])ccc2N[C@H]2CC[C@@H](O)CC2)cc1Cl. The molecule has 1 aliphatic carbocycles. The van der Waals surface area contributed by atoms with Crippen LogP contribution in [0.25, 0.3) is 0 Å². The van der Waals surface area contributed by atoms with Gasteiger partial charge in [-0.25, -0.2) is 0 Å². The molecule has 0 radical (unpaired) electrons. The number of carbonyl (C=O) groups is 1. The first-order valence-electron chi connectivity index (χ1n) is 9.59. The smallest absolute Gasteiger partial charge is 0.270 e. The van der Waals surface area contributed by atoms with Crippen LogP contribution in [0, 0.1) is 17.0 Å². The predicted molar refractivity (Wildman–Crippen MR) is 112 cm³/mol. The van der Waals surface area contributed by atoms with E-state index < -0.39 is 10.8 Å². The van der Waals surface area contributed by atoms with Crippen LogP contribution in [0.4, 0.5) is 11.4 Å². The molecule has 0 spiro atoms. The largest absolute Gasteiger partial charge is 0.393 e. The van der Waals surface area contributed by atoms with Crippen LogP contribution in [-0.4, -0.2) is 28.1 Å². The number of aliphatic hydroxyl groups excluding tert-OH is 1. The predicted octanol–water partition coefficient (Wildman–Crippen LogP) is 4.20. The van der Waals surface area contributed by atoms with Crippen LogP contribution in [0.5, 0.6) is 0 Å². The molecule has 29 heavy (non-hydrogen) atoms. The van der Waals surface area contributed by atoms with Crippen LogP contribution < -0.4 is 10.6 Å². The van der Waals surface area contributed by atoms with Gasteiger partial charge >= 0.3 is 0 Å². The van der Waals surface area contributed by atoms with Gasteiger partial charge in [-0.15, -0.1) is 0 Å². The third-order valence-corrected chi connectivity index (χ3v) is 5.61. The number of non-ortho nitro benzene ring substituents is 1. The monoisotopic (exact) mass is 417 g/mol. The van der Waals surface area contributed by atoms with Crippen LogP contribution in [0.2, 0.25) is 5.02 Å². The summed E-state index contributed by atoms with van der Waals surface area (Å²) in [6.07, 6.45) is 2.66. The van der Waals surface area contributed by atoms with Crippen molar-refractivity contribution in [3.8, 4) is 0 Å². The fourth-order valence-electron chi connectivity index (χ4n) is 3.42. The lowest BCUT2D eigenvalue weighted by Crippen LogP contribution is -2.30. The van der Waals surface area contributed by atoms with Crippen molar-refractivity contribution in [2.24, 2.45) is 0 Å². The average Bonchev–Trinajstić information content (AvgIpc) is 2.70. The first-order chi connectivity index (χ1) is 13.8. The molecule has 8 heteroatoms. The molecule has 1 saturated carbocycles. The van der Waals surface area contributed by atoms with Crippen molar-refractivity contribution in [2.75, 3.05) is 5.32 Å². The number of aliphatic hydroxyl groups is 1. The van der Waals surface area contributed by atoms with E-state index in [2.05, 4.69) is 10.6 Å². The van der Waals surface area contributed by atoms with E-state index in [1.165, 1.54) is 12.1 Å². The van der Waals surface area contributed by atoms with Crippen molar-refractivity contribution in [3.05, 3.63) is 68.2 Å². The van der Waals surface area contributed by atoms with Crippen molar-refractivity contribution in [3.63, 3.8) is 0 Å². The molecule has 0 saturated heterocycles. The molecule has 2 aromatic carbocycles. The number of nitrogens with one attached hydrogen (secondary N) is 2. The Kier molecular flexibility index (Phi) is 6.71. The highest BCUT2D eigenvalue weighted by atomic mass is 35.5. The molecule has 2 aromatic rings. The Hall–Kier alpha value is -2.64. The molecule has 0 aliphatic heterocycles. The Bertz CT molecular complexity index is 911. The van der Waals surface area contributed by atoms with Gasteiger partial charge in [0.2, 0.25) is 0 Å². The summed E-state index contributed by atoms with van der Waals surface area (Å²) in [6.45, 7) is 2.16. The Morgan fingerprint density at radius 3 is 2.59 bits per heavy atom. The van der Waals surface area contributed by atoms with Crippen LogP contribution in [0.1, 0.15) is 47.2 Å². The molecular formula is C21H24ClN3O4. The third-order valence-electron chi connectivity index (χ3n) is 5.20. The number of nitro groups is 1. The quantitative estimate of drug-likeness (QED) is 0.482. The molecule has 1 fully saturated rings. The molecule has 0 unspecified atom stereocenters. The lowest BCUT2D eigenvalue weighted by Gasteiger charge is -2.27. The van der Waals surface area contributed by atoms with Crippen molar-refractivity contribution in [2.45, 2.75) is 51.3 Å². The molecule has 3 rings (SSSR count). The summed E-state index contributed by atoms with van der Waals surface area (Å²) in [5.41, 5.74) is 2.43. The maximum Gasteiger partial charge on any atom is 0.270 e. The minimum Gasteiger partial charge on any atom is -0.393 e. The molecular weight excluding hydrogens is 394 g/mol. The first kappa shape index (κ1) is 21.1. The summed E-state index contributed by atoms with van der Waals surface area (Å²) in [6, 6.07) is 9.90. The standard InChI is InChI=1S/C21H24ClN3O4/c1-13-2-3-14(10-19(13)22)12-23-21(27)18-11-16(25(28)29)6-9-20(18)24-15-4-7-17(26)8-5-15/h2-3,6,9-11,15,17,24,26H,4-5,7-8,12H2,1H3,(H,23,27)/t15-,17+. The Labute approximate surface area is 174 Å². The fraction of sp³-hybridized carbons (Fsp3) is 0.381. The Morgan fingerprint density at radius 2 is 1.93 bits per heavy atom. The molecule has 0 aromatic heterocycles. The zero-order valence-corrected chi connectivity index (χ0v) is 16.9. The first-order valence-corrected chi connectivity index (χ1v) is 9.97. The highest BCUT2D eigenvalue weighted by Gasteiger charge is 2.22. The van der Waals surface area contributed by atoms with Gasteiger partial charge in [0, 0.05) is 35.4 Å². The lowest BCUT2D eigenvalue weighted by atomic mass is 9.92. The highest BCUT2D eigenvalue weighted by molar-refractivity contribution is 6.31. The zero-order valence-electron chi connectivity index (χ0n) is 16.2. The van der Waals surface area contributed by atoms with Gasteiger partial charge in [0.1, 0.15) is 0 Å². The molecule has 154 valence electrons. The van der Waals surface area contributed by atoms with E-state index in [9.17, 15) is 20.0 Å². The molecule has 7 nitrogen and oxygen atoms in total. The van der Waals surface area contributed by atoms with Gasteiger partial charge in [-0.3, -0.25) is 14.9 Å². The number of rotatable bonds is 6.